The molecule has 2 N–H and O–H groups in total. The molecule has 4 nitrogen and oxygen atoms in total. The van der Waals surface area contributed by atoms with Gasteiger partial charge in [0.25, 0.3) is 0 Å². The number of carbonyl (C=O) groups excluding carboxylic acids is 1. The number of nitrogens with zero attached hydrogens (tertiary/aromatic N) is 1. The summed E-state index contributed by atoms with van der Waals surface area (Å²) in [5.74, 6) is -0.514. The molecule has 0 saturated heterocycles. The first-order valence-electron chi connectivity index (χ1n) is 7.91. The van der Waals surface area contributed by atoms with Crippen molar-refractivity contribution in [1.29, 1.82) is 0 Å². The molecule has 5 heteroatoms. The summed E-state index contributed by atoms with van der Waals surface area (Å²) in [4.78, 5) is 14.5. The predicted molar refractivity (Wildman–Crippen MR) is 87.4 cm³/mol. The number of benzene rings is 1. The van der Waals surface area contributed by atoms with Crippen molar-refractivity contribution in [2.45, 2.75) is 46.1 Å². The molecule has 0 bridgehead atoms. The zero-order valence-electron chi connectivity index (χ0n) is 13.7. The van der Waals surface area contributed by atoms with Gasteiger partial charge in [-0.2, -0.15) is 0 Å². The molecule has 0 aliphatic rings. The fraction of sp³-hybridized carbons (Fsp3) is 0.588. The van der Waals surface area contributed by atoms with E-state index < -0.39 is 0 Å². The Bertz CT molecular complexity index is 472. The van der Waals surface area contributed by atoms with Crippen LogP contribution in [-0.4, -0.2) is 41.7 Å². The van der Waals surface area contributed by atoms with Crippen LogP contribution in [0.1, 0.15) is 38.7 Å². The number of hydrogen-bond donors (Lipinski definition) is 2. The lowest BCUT2D eigenvalue weighted by atomic mass is 10.1. The summed E-state index contributed by atoms with van der Waals surface area (Å²) in [5, 5.41) is 11.8. The van der Waals surface area contributed by atoms with Gasteiger partial charge in [0.2, 0.25) is 5.91 Å². The maximum Gasteiger partial charge on any atom is 0.241 e. The molecular weight excluding hydrogens is 283 g/mol. The SMILES string of the molecule is CCCCN(CCCO)C(C)C(=O)Nc1cc(F)ccc1C. The first-order valence-corrected chi connectivity index (χ1v) is 7.91. The van der Waals surface area contributed by atoms with Crippen molar-refractivity contribution in [1.82, 2.24) is 4.90 Å². The number of halogens is 1. The Morgan fingerprint density at radius 2 is 2.05 bits per heavy atom. The maximum atomic E-state index is 13.3. The molecule has 0 aromatic heterocycles. The third-order valence-electron chi connectivity index (χ3n) is 3.79. The van der Waals surface area contributed by atoms with E-state index in [-0.39, 0.29) is 24.4 Å². The van der Waals surface area contributed by atoms with Gasteiger partial charge in [0, 0.05) is 18.8 Å². The van der Waals surface area contributed by atoms with E-state index >= 15 is 0 Å². The number of anilines is 1. The molecule has 0 aliphatic heterocycles. The third-order valence-corrected chi connectivity index (χ3v) is 3.79. The van der Waals surface area contributed by atoms with Gasteiger partial charge in [-0.3, -0.25) is 9.69 Å². The first kappa shape index (κ1) is 18.6. The zero-order chi connectivity index (χ0) is 16.5. The summed E-state index contributed by atoms with van der Waals surface area (Å²) in [6.07, 6.45) is 2.69. The Morgan fingerprint density at radius 1 is 1.36 bits per heavy atom. The number of aliphatic hydroxyl groups excluding tert-OH is 1. The normalized spacial score (nSPS) is 12.5. The summed E-state index contributed by atoms with van der Waals surface area (Å²) >= 11 is 0. The number of aryl methyl sites for hydroxylation is 1. The molecule has 1 aromatic carbocycles. The standard InChI is InChI=1S/C17H27FN2O2/c1-4-5-9-20(10-6-11-21)14(3)17(22)19-16-12-15(18)8-7-13(16)2/h7-8,12,14,21H,4-6,9-11H2,1-3H3,(H,19,22). The summed E-state index contributed by atoms with van der Waals surface area (Å²) in [6, 6.07) is 4.05. The zero-order valence-corrected chi connectivity index (χ0v) is 13.7. The van der Waals surface area contributed by atoms with Crippen LogP contribution < -0.4 is 5.32 Å². The molecule has 0 fully saturated rings. The molecule has 124 valence electrons. The lowest BCUT2D eigenvalue weighted by Crippen LogP contribution is -2.43. The van der Waals surface area contributed by atoms with Crippen LogP contribution in [0, 0.1) is 12.7 Å². The van der Waals surface area contributed by atoms with Crippen molar-refractivity contribution in [2.75, 3.05) is 25.0 Å². The van der Waals surface area contributed by atoms with Crippen LogP contribution in [0.4, 0.5) is 10.1 Å². The van der Waals surface area contributed by atoms with E-state index in [4.69, 9.17) is 5.11 Å². The van der Waals surface area contributed by atoms with Crippen molar-refractivity contribution in [2.24, 2.45) is 0 Å². The Labute approximate surface area is 132 Å². The quantitative estimate of drug-likeness (QED) is 0.737. The average Bonchev–Trinajstić information content (AvgIpc) is 2.50. The summed E-state index contributed by atoms with van der Waals surface area (Å²) < 4.78 is 13.3. The highest BCUT2D eigenvalue weighted by atomic mass is 19.1. The second-order valence-electron chi connectivity index (χ2n) is 5.59. The second kappa shape index (κ2) is 9.54. The van der Waals surface area contributed by atoms with E-state index in [2.05, 4.69) is 17.1 Å². The molecule has 22 heavy (non-hydrogen) atoms. The maximum absolute atomic E-state index is 13.3. The van der Waals surface area contributed by atoms with Crippen LogP contribution in [-0.2, 0) is 4.79 Å². The Hall–Kier alpha value is -1.46. The van der Waals surface area contributed by atoms with Crippen molar-refractivity contribution in [3.05, 3.63) is 29.6 Å². The molecule has 1 aromatic rings. The first-order chi connectivity index (χ1) is 10.5. The highest BCUT2D eigenvalue weighted by Gasteiger charge is 2.21. The van der Waals surface area contributed by atoms with E-state index in [9.17, 15) is 9.18 Å². The molecule has 0 spiro atoms. The van der Waals surface area contributed by atoms with Gasteiger partial charge in [-0.1, -0.05) is 19.4 Å². The topological polar surface area (TPSA) is 52.6 Å². The third kappa shape index (κ3) is 5.73. The van der Waals surface area contributed by atoms with Crippen molar-refractivity contribution in [3.8, 4) is 0 Å². The minimum absolute atomic E-state index is 0.111. The number of aliphatic hydroxyl groups is 1. The molecule has 0 aliphatic carbocycles. The van der Waals surface area contributed by atoms with E-state index in [1.54, 1.807) is 6.07 Å². The van der Waals surface area contributed by atoms with Crippen LogP contribution in [0.5, 0.6) is 0 Å². The van der Waals surface area contributed by atoms with Gasteiger partial charge in [0.05, 0.1) is 6.04 Å². The van der Waals surface area contributed by atoms with Crippen LogP contribution >= 0.6 is 0 Å². The number of hydrogen-bond acceptors (Lipinski definition) is 3. The molecule has 0 heterocycles. The van der Waals surface area contributed by atoms with E-state index in [0.717, 1.165) is 24.9 Å². The number of carbonyl (C=O) groups is 1. The van der Waals surface area contributed by atoms with Gasteiger partial charge in [0.15, 0.2) is 0 Å². The van der Waals surface area contributed by atoms with Crippen LogP contribution in [0.25, 0.3) is 0 Å². The Balaban J connectivity index is 2.72. The summed E-state index contributed by atoms with van der Waals surface area (Å²) in [7, 11) is 0. The number of amides is 1. The molecule has 1 unspecified atom stereocenters. The van der Waals surface area contributed by atoms with E-state index in [0.29, 0.717) is 18.7 Å². The largest absolute Gasteiger partial charge is 0.396 e. The minimum atomic E-state index is -0.364. The van der Waals surface area contributed by atoms with Crippen LogP contribution in [0.3, 0.4) is 0 Å². The van der Waals surface area contributed by atoms with Crippen molar-refractivity contribution in [3.63, 3.8) is 0 Å². The summed E-state index contributed by atoms with van der Waals surface area (Å²) in [5.41, 5.74) is 1.34. The fourth-order valence-electron chi connectivity index (χ4n) is 2.27. The molecule has 1 amide bonds. The van der Waals surface area contributed by atoms with Crippen LogP contribution in [0.2, 0.25) is 0 Å². The lowest BCUT2D eigenvalue weighted by Gasteiger charge is -2.28. The molecule has 1 atom stereocenters. The number of rotatable bonds is 9. The lowest BCUT2D eigenvalue weighted by molar-refractivity contribution is -0.120. The number of unbranched alkanes of at least 4 members (excludes halogenated alkanes) is 1. The molecule has 1 rings (SSSR count). The van der Waals surface area contributed by atoms with Gasteiger partial charge >= 0.3 is 0 Å². The molecule has 0 saturated carbocycles. The summed E-state index contributed by atoms with van der Waals surface area (Å²) in [6.45, 7) is 7.38. The van der Waals surface area contributed by atoms with Crippen LogP contribution in [0.15, 0.2) is 18.2 Å². The highest BCUT2D eigenvalue weighted by Crippen LogP contribution is 2.17. The molecule has 0 radical (unpaired) electrons. The Morgan fingerprint density at radius 3 is 2.68 bits per heavy atom. The Kier molecular flexibility index (Phi) is 8.06. The van der Waals surface area contributed by atoms with Gasteiger partial charge in [-0.25, -0.2) is 4.39 Å². The second-order valence-corrected chi connectivity index (χ2v) is 5.59. The fourth-order valence-corrected chi connectivity index (χ4v) is 2.27. The smallest absolute Gasteiger partial charge is 0.241 e. The number of nitrogens with one attached hydrogen (secondary N) is 1. The van der Waals surface area contributed by atoms with Gasteiger partial charge in [-0.05, 0) is 50.9 Å². The molecular formula is C17H27FN2O2. The van der Waals surface area contributed by atoms with E-state index in [1.807, 2.05) is 13.8 Å². The van der Waals surface area contributed by atoms with Gasteiger partial charge in [-0.15, -0.1) is 0 Å². The van der Waals surface area contributed by atoms with Gasteiger partial charge < -0.3 is 10.4 Å². The average molecular weight is 310 g/mol. The monoisotopic (exact) mass is 310 g/mol. The minimum Gasteiger partial charge on any atom is -0.396 e. The van der Waals surface area contributed by atoms with Crippen molar-refractivity contribution < 1.29 is 14.3 Å². The predicted octanol–water partition coefficient (Wildman–Crippen LogP) is 2.95. The van der Waals surface area contributed by atoms with Gasteiger partial charge in [0.1, 0.15) is 5.82 Å². The van der Waals surface area contributed by atoms with Crippen molar-refractivity contribution >= 4 is 11.6 Å². The highest BCUT2D eigenvalue weighted by molar-refractivity contribution is 5.95. The van der Waals surface area contributed by atoms with E-state index in [1.165, 1.54) is 12.1 Å².